The summed E-state index contributed by atoms with van der Waals surface area (Å²) in [6.07, 6.45) is 3.55. The number of primary amides is 1. The fourth-order valence-corrected chi connectivity index (χ4v) is 3.36. The maximum absolute atomic E-state index is 12.3. The number of carbonyl (C=O) groups is 2. The Morgan fingerprint density at radius 2 is 2.14 bits per heavy atom. The van der Waals surface area contributed by atoms with Crippen molar-refractivity contribution in [1.29, 1.82) is 0 Å². The number of hydrogen-bond acceptors (Lipinski definition) is 4. The third kappa shape index (κ3) is 5.03. The molecule has 1 saturated heterocycles. The second-order valence-electron chi connectivity index (χ2n) is 5.61. The van der Waals surface area contributed by atoms with Crippen LogP contribution in [0.2, 0.25) is 0 Å². The zero-order valence-electron chi connectivity index (χ0n) is 12.9. The highest BCUT2D eigenvalue weighted by Crippen LogP contribution is 2.26. The largest absolute Gasteiger partial charge is 0.369 e. The summed E-state index contributed by atoms with van der Waals surface area (Å²) in [5.74, 6) is -0.176. The molecule has 1 aromatic rings. The molecule has 2 amide bonds. The van der Waals surface area contributed by atoms with Gasteiger partial charge in [-0.15, -0.1) is 11.8 Å². The van der Waals surface area contributed by atoms with Crippen LogP contribution in [0, 0.1) is 0 Å². The number of para-hydroxylation sites is 1. The van der Waals surface area contributed by atoms with Crippen LogP contribution < -0.4 is 11.1 Å². The molecular weight excluding hydrogens is 298 g/mol. The molecule has 0 saturated carbocycles. The summed E-state index contributed by atoms with van der Waals surface area (Å²) in [7, 11) is 0. The third-order valence-electron chi connectivity index (χ3n) is 3.82. The first-order chi connectivity index (χ1) is 10.6. The van der Waals surface area contributed by atoms with E-state index in [0.717, 1.165) is 30.0 Å². The number of nitrogens with zero attached hydrogens (tertiary/aromatic N) is 1. The highest BCUT2D eigenvalue weighted by Gasteiger charge is 2.20. The van der Waals surface area contributed by atoms with Crippen molar-refractivity contribution < 1.29 is 9.59 Å². The molecule has 120 valence electrons. The van der Waals surface area contributed by atoms with Crippen LogP contribution in [-0.4, -0.2) is 41.6 Å². The van der Waals surface area contributed by atoms with Gasteiger partial charge in [0, 0.05) is 10.9 Å². The molecule has 2 rings (SSSR count). The van der Waals surface area contributed by atoms with E-state index in [9.17, 15) is 9.59 Å². The van der Waals surface area contributed by atoms with Crippen molar-refractivity contribution in [2.45, 2.75) is 37.1 Å². The van der Waals surface area contributed by atoms with E-state index in [4.69, 9.17) is 5.73 Å². The lowest BCUT2D eigenvalue weighted by Crippen LogP contribution is -2.42. The van der Waals surface area contributed by atoms with E-state index >= 15 is 0 Å². The van der Waals surface area contributed by atoms with Crippen molar-refractivity contribution in [2.24, 2.45) is 5.73 Å². The number of thioether (sulfide) groups is 1. The minimum Gasteiger partial charge on any atom is -0.369 e. The molecule has 0 aliphatic carbocycles. The molecule has 0 unspecified atom stereocenters. The van der Waals surface area contributed by atoms with Crippen LogP contribution in [0.5, 0.6) is 0 Å². The fraction of sp³-hybridized carbons (Fsp3) is 0.500. The Labute approximate surface area is 135 Å². The SMILES string of the molecule is C[C@@H]1CCCCN1CC(=O)Nc1ccccc1SCC(N)=O. The number of nitrogens with one attached hydrogen (secondary N) is 1. The normalized spacial score (nSPS) is 18.9. The summed E-state index contributed by atoms with van der Waals surface area (Å²) >= 11 is 1.34. The maximum atomic E-state index is 12.3. The summed E-state index contributed by atoms with van der Waals surface area (Å²) < 4.78 is 0. The van der Waals surface area contributed by atoms with Crippen molar-refractivity contribution >= 4 is 29.3 Å². The maximum Gasteiger partial charge on any atom is 0.238 e. The van der Waals surface area contributed by atoms with E-state index in [2.05, 4.69) is 17.1 Å². The molecule has 1 heterocycles. The van der Waals surface area contributed by atoms with Crippen LogP contribution >= 0.6 is 11.8 Å². The van der Waals surface area contributed by atoms with Crippen LogP contribution in [0.4, 0.5) is 5.69 Å². The van der Waals surface area contributed by atoms with Gasteiger partial charge in [0.25, 0.3) is 0 Å². The Morgan fingerprint density at radius 1 is 1.36 bits per heavy atom. The van der Waals surface area contributed by atoms with Crippen molar-refractivity contribution in [2.75, 3.05) is 24.2 Å². The van der Waals surface area contributed by atoms with Gasteiger partial charge in [-0.25, -0.2) is 0 Å². The monoisotopic (exact) mass is 321 g/mol. The number of benzene rings is 1. The van der Waals surface area contributed by atoms with Gasteiger partial charge in [0.15, 0.2) is 0 Å². The van der Waals surface area contributed by atoms with Gasteiger partial charge in [-0.05, 0) is 38.4 Å². The zero-order valence-corrected chi connectivity index (χ0v) is 13.7. The molecule has 1 aliphatic heterocycles. The van der Waals surface area contributed by atoms with Gasteiger partial charge < -0.3 is 11.1 Å². The van der Waals surface area contributed by atoms with Gasteiger partial charge in [0.05, 0.1) is 18.0 Å². The molecule has 3 N–H and O–H groups in total. The van der Waals surface area contributed by atoms with Crippen molar-refractivity contribution in [3.63, 3.8) is 0 Å². The predicted molar refractivity (Wildman–Crippen MR) is 89.9 cm³/mol. The van der Waals surface area contributed by atoms with Crippen LogP contribution in [0.15, 0.2) is 29.2 Å². The minimum atomic E-state index is -0.367. The lowest BCUT2D eigenvalue weighted by molar-refractivity contribution is -0.118. The van der Waals surface area contributed by atoms with E-state index in [-0.39, 0.29) is 17.6 Å². The van der Waals surface area contributed by atoms with E-state index < -0.39 is 0 Å². The number of amides is 2. The number of carbonyl (C=O) groups excluding carboxylic acids is 2. The van der Waals surface area contributed by atoms with Gasteiger partial charge in [0.1, 0.15) is 0 Å². The smallest absolute Gasteiger partial charge is 0.238 e. The van der Waals surface area contributed by atoms with E-state index in [1.54, 1.807) is 0 Å². The average Bonchev–Trinajstić information content (AvgIpc) is 2.48. The van der Waals surface area contributed by atoms with Gasteiger partial charge in [-0.3, -0.25) is 14.5 Å². The van der Waals surface area contributed by atoms with Gasteiger partial charge in [-0.1, -0.05) is 18.6 Å². The summed E-state index contributed by atoms with van der Waals surface area (Å²) in [5, 5.41) is 2.95. The Hall–Kier alpha value is -1.53. The lowest BCUT2D eigenvalue weighted by atomic mass is 10.0. The quantitative estimate of drug-likeness (QED) is 0.787. The summed E-state index contributed by atoms with van der Waals surface area (Å²) in [4.78, 5) is 26.3. The number of nitrogens with two attached hydrogens (primary N) is 1. The molecule has 22 heavy (non-hydrogen) atoms. The summed E-state index contributed by atoms with van der Waals surface area (Å²) in [6, 6.07) is 7.94. The number of piperidine rings is 1. The van der Waals surface area contributed by atoms with Crippen molar-refractivity contribution in [3.05, 3.63) is 24.3 Å². The zero-order chi connectivity index (χ0) is 15.9. The van der Waals surface area contributed by atoms with Gasteiger partial charge in [-0.2, -0.15) is 0 Å². The molecule has 0 radical (unpaired) electrons. The fourth-order valence-electron chi connectivity index (χ4n) is 2.61. The van der Waals surface area contributed by atoms with E-state index in [1.165, 1.54) is 18.2 Å². The second-order valence-corrected chi connectivity index (χ2v) is 6.63. The molecule has 0 bridgehead atoms. The van der Waals surface area contributed by atoms with E-state index in [0.29, 0.717) is 12.6 Å². The summed E-state index contributed by atoms with van der Waals surface area (Å²) in [5.41, 5.74) is 5.92. The topological polar surface area (TPSA) is 75.4 Å². The van der Waals surface area contributed by atoms with Crippen molar-refractivity contribution in [1.82, 2.24) is 4.90 Å². The van der Waals surface area contributed by atoms with Crippen LogP contribution in [0.3, 0.4) is 0 Å². The Kier molecular flexibility index (Phi) is 6.27. The molecule has 0 spiro atoms. The molecular formula is C16H23N3O2S. The first-order valence-corrected chi connectivity index (χ1v) is 8.59. The first kappa shape index (κ1) is 16.8. The number of hydrogen-bond donors (Lipinski definition) is 2. The highest BCUT2D eigenvalue weighted by molar-refractivity contribution is 8.00. The molecule has 1 aliphatic rings. The average molecular weight is 321 g/mol. The highest BCUT2D eigenvalue weighted by atomic mass is 32.2. The van der Waals surface area contributed by atoms with Crippen LogP contribution in [0.1, 0.15) is 26.2 Å². The number of likely N-dealkylation sites (tertiary alicyclic amines) is 1. The summed E-state index contributed by atoms with van der Waals surface area (Å²) in [6.45, 7) is 3.56. The molecule has 0 aromatic heterocycles. The standard InChI is InChI=1S/C16H23N3O2S/c1-12-6-4-5-9-19(12)10-16(21)18-13-7-2-3-8-14(13)22-11-15(17)20/h2-3,7-8,12H,4-6,9-11H2,1H3,(H2,17,20)(H,18,21)/t12-/m1/s1. The predicted octanol–water partition coefficient (Wildman–Crippen LogP) is 2.08. The molecule has 1 aromatic carbocycles. The van der Waals surface area contributed by atoms with E-state index in [1.807, 2.05) is 24.3 Å². The van der Waals surface area contributed by atoms with Gasteiger partial charge in [0.2, 0.25) is 11.8 Å². The number of rotatable bonds is 6. The Bertz CT molecular complexity index is 536. The second kappa shape index (κ2) is 8.19. The van der Waals surface area contributed by atoms with Crippen LogP contribution in [-0.2, 0) is 9.59 Å². The third-order valence-corrected chi connectivity index (χ3v) is 4.91. The van der Waals surface area contributed by atoms with Crippen molar-refractivity contribution in [3.8, 4) is 0 Å². The Morgan fingerprint density at radius 3 is 2.86 bits per heavy atom. The molecule has 5 nitrogen and oxygen atoms in total. The molecule has 1 atom stereocenters. The van der Waals surface area contributed by atoms with Gasteiger partial charge >= 0.3 is 0 Å². The first-order valence-electron chi connectivity index (χ1n) is 7.60. The number of anilines is 1. The Balaban J connectivity index is 1.94. The molecule has 6 heteroatoms. The molecule has 1 fully saturated rings. The van der Waals surface area contributed by atoms with Crippen LogP contribution in [0.25, 0.3) is 0 Å². The lowest BCUT2D eigenvalue weighted by Gasteiger charge is -2.32. The minimum absolute atomic E-state index is 0.0131.